The summed E-state index contributed by atoms with van der Waals surface area (Å²) in [5.74, 6) is -3.19. The molecule has 8 heteroatoms. The smallest absolute Gasteiger partial charge is 0.254 e. The lowest BCUT2D eigenvalue weighted by molar-refractivity contribution is -0.123. The number of likely N-dealkylation sites (tertiary alicyclic amines) is 1. The van der Waals surface area contributed by atoms with Crippen molar-refractivity contribution in [3.63, 3.8) is 0 Å². The first kappa shape index (κ1) is 17.6. The standard InChI is InChI=1S/C17H12Cl2F2N2O2/c18-12-3-2-11(6-13(12)19)22-16(24)10-7-23(8-10)17(25)9-1-4-14(20)15(21)5-9/h1-6,10H,7-8H2,(H,22,24). The molecule has 1 fully saturated rings. The van der Waals surface area contributed by atoms with Crippen LogP contribution in [-0.2, 0) is 4.79 Å². The first-order chi connectivity index (χ1) is 11.8. The summed E-state index contributed by atoms with van der Waals surface area (Å²) in [6.07, 6.45) is 0. The van der Waals surface area contributed by atoms with Gasteiger partial charge in [-0.05, 0) is 36.4 Å². The molecule has 0 radical (unpaired) electrons. The molecule has 0 aliphatic carbocycles. The maximum atomic E-state index is 13.2. The number of nitrogens with one attached hydrogen (secondary N) is 1. The van der Waals surface area contributed by atoms with Gasteiger partial charge in [-0.1, -0.05) is 23.2 Å². The topological polar surface area (TPSA) is 49.4 Å². The fourth-order valence-corrected chi connectivity index (χ4v) is 2.74. The van der Waals surface area contributed by atoms with Gasteiger partial charge in [0.25, 0.3) is 5.91 Å². The lowest BCUT2D eigenvalue weighted by Gasteiger charge is -2.38. The number of halogens is 4. The number of nitrogens with zero attached hydrogens (tertiary/aromatic N) is 1. The van der Waals surface area contributed by atoms with E-state index >= 15 is 0 Å². The highest BCUT2D eigenvalue weighted by molar-refractivity contribution is 6.42. The van der Waals surface area contributed by atoms with Gasteiger partial charge in [-0.2, -0.15) is 0 Å². The van der Waals surface area contributed by atoms with Gasteiger partial charge in [0.15, 0.2) is 11.6 Å². The van der Waals surface area contributed by atoms with Crippen LogP contribution in [0, 0.1) is 17.6 Å². The van der Waals surface area contributed by atoms with E-state index < -0.39 is 17.5 Å². The predicted octanol–water partition coefficient (Wildman–Crippen LogP) is 3.98. The van der Waals surface area contributed by atoms with Crippen LogP contribution in [0.5, 0.6) is 0 Å². The van der Waals surface area contributed by atoms with Crippen molar-refractivity contribution in [2.24, 2.45) is 5.92 Å². The Bertz CT molecular complexity index is 855. The third-order valence-corrected chi connectivity index (χ3v) is 4.63. The molecule has 1 aliphatic heterocycles. The fourth-order valence-electron chi connectivity index (χ4n) is 2.44. The van der Waals surface area contributed by atoms with Crippen LogP contribution in [0.3, 0.4) is 0 Å². The van der Waals surface area contributed by atoms with E-state index in [1.54, 1.807) is 12.1 Å². The molecule has 0 bridgehead atoms. The van der Waals surface area contributed by atoms with Gasteiger partial charge in [-0.15, -0.1) is 0 Å². The van der Waals surface area contributed by atoms with Crippen LogP contribution >= 0.6 is 23.2 Å². The zero-order valence-corrected chi connectivity index (χ0v) is 14.2. The van der Waals surface area contributed by atoms with E-state index in [2.05, 4.69) is 5.32 Å². The van der Waals surface area contributed by atoms with E-state index in [0.29, 0.717) is 15.7 Å². The minimum Gasteiger partial charge on any atom is -0.337 e. The molecule has 0 unspecified atom stereocenters. The Balaban J connectivity index is 1.57. The van der Waals surface area contributed by atoms with Crippen LogP contribution in [0.2, 0.25) is 10.0 Å². The van der Waals surface area contributed by atoms with E-state index in [9.17, 15) is 18.4 Å². The summed E-state index contributed by atoms with van der Waals surface area (Å²) in [6, 6.07) is 7.68. The molecule has 4 nitrogen and oxygen atoms in total. The lowest BCUT2D eigenvalue weighted by Crippen LogP contribution is -2.54. The van der Waals surface area contributed by atoms with Gasteiger partial charge in [-0.25, -0.2) is 8.78 Å². The van der Waals surface area contributed by atoms with Gasteiger partial charge in [0.1, 0.15) is 0 Å². The van der Waals surface area contributed by atoms with Crippen LogP contribution in [-0.4, -0.2) is 29.8 Å². The van der Waals surface area contributed by atoms with Gasteiger partial charge in [0.05, 0.1) is 16.0 Å². The van der Waals surface area contributed by atoms with Crippen LogP contribution in [0.1, 0.15) is 10.4 Å². The molecular formula is C17H12Cl2F2N2O2. The monoisotopic (exact) mass is 384 g/mol. The van der Waals surface area contributed by atoms with Crippen molar-refractivity contribution in [3.05, 3.63) is 63.6 Å². The molecule has 25 heavy (non-hydrogen) atoms. The van der Waals surface area contributed by atoms with Crippen molar-refractivity contribution < 1.29 is 18.4 Å². The number of amides is 2. The van der Waals surface area contributed by atoms with E-state index in [1.165, 1.54) is 17.0 Å². The highest BCUT2D eigenvalue weighted by Crippen LogP contribution is 2.26. The van der Waals surface area contributed by atoms with Crippen molar-refractivity contribution in [2.45, 2.75) is 0 Å². The molecule has 130 valence electrons. The molecule has 1 saturated heterocycles. The number of carbonyl (C=O) groups is 2. The molecule has 2 aromatic rings. The van der Waals surface area contributed by atoms with E-state index in [0.717, 1.165) is 12.1 Å². The summed E-state index contributed by atoms with van der Waals surface area (Å²) in [5.41, 5.74) is 0.548. The normalized spacial score (nSPS) is 14.2. The summed E-state index contributed by atoms with van der Waals surface area (Å²) in [4.78, 5) is 25.7. The highest BCUT2D eigenvalue weighted by atomic mass is 35.5. The quantitative estimate of drug-likeness (QED) is 0.869. The third kappa shape index (κ3) is 3.75. The molecular weight excluding hydrogens is 373 g/mol. The molecule has 0 aromatic heterocycles. The zero-order valence-electron chi connectivity index (χ0n) is 12.7. The molecule has 3 rings (SSSR count). The molecule has 1 heterocycles. The second kappa shape index (κ2) is 6.98. The largest absolute Gasteiger partial charge is 0.337 e. The maximum absolute atomic E-state index is 13.2. The van der Waals surface area contributed by atoms with E-state index in [1.807, 2.05) is 0 Å². The number of hydrogen-bond acceptors (Lipinski definition) is 2. The Labute approximate surface area is 152 Å². The Hall–Kier alpha value is -2.18. The number of carbonyl (C=O) groups excluding carboxylic acids is 2. The SMILES string of the molecule is O=C(Nc1ccc(Cl)c(Cl)c1)C1CN(C(=O)c2ccc(F)c(F)c2)C1. The summed E-state index contributed by atoms with van der Waals surface area (Å²) in [6.45, 7) is 0.399. The lowest BCUT2D eigenvalue weighted by atomic mass is 9.97. The Morgan fingerprint density at radius 1 is 1.00 bits per heavy atom. The minimum atomic E-state index is -1.08. The van der Waals surface area contributed by atoms with E-state index in [-0.39, 0.29) is 30.5 Å². The molecule has 2 amide bonds. The van der Waals surface area contributed by atoms with Crippen LogP contribution < -0.4 is 5.32 Å². The van der Waals surface area contributed by atoms with Gasteiger partial charge >= 0.3 is 0 Å². The summed E-state index contributed by atoms with van der Waals surface area (Å²) in [5, 5.41) is 3.40. The van der Waals surface area contributed by atoms with Gasteiger partial charge < -0.3 is 10.2 Å². The summed E-state index contributed by atoms with van der Waals surface area (Å²) >= 11 is 11.7. The predicted molar refractivity (Wildman–Crippen MR) is 90.8 cm³/mol. The average molecular weight is 385 g/mol. The Kier molecular flexibility index (Phi) is 4.92. The first-order valence-electron chi connectivity index (χ1n) is 7.35. The minimum absolute atomic E-state index is 0.0437. The van der Waals surface area contributed by atoms with Crippen LogP contribution in [0.15, 0.2) is 36.4 Å². The van der Waals surface area contributed by atoms with Crippen molar-refractivity contribution in [1.82, 2.24) is 4.90 Å². The third-order valence-electron chi connectivity index (χ3n) is 3.89. The summed E-state index contributed by atoms with van der Waals surface area (Å²) in [7, 11) is 0. The van der Waals surface area contributed by atoms with Crippen molar-refractivity contribution in [2.75, 3.05) is 18.4 Å². The Morgan fingerprint density at radius 3 is 2.36 bits per heavy atom. The van der Waals surface area contributed by atoms with Crippen molar-refractivity contribution in [3.8, 4) is 0 Å². The second-order valence-corrected chi connectivity index (χ2v) is 6.47. The number of benzene rings is 2. The van der Waals surface area contributed by atoms with Gasteiger partial charge in [0, 0.05) is 24.3 Å². The first-order valence-corrected chi connectivity index (χ1v) is 8.11. The molecule has 0 spiro atoms. The Morgan fingerprint density at radius 2 is 1.72 bits per heavy atom. The van der Waals surface area contributed by atoms with Gasteiger partial charge in [-0.3, -0.25) is 9.59 Å². The molecule has 2 aromatic carbocycles. The molecule has 1 aliphatic rings. The zero-order chi connectivity index (χ0) is 18.1. The fraction of sp³-hybridized carbons (Fsp3) is 0.176. The van der Waals surface area contributed by atoms with Crippen molar-refractivity contribution >= 4 is 40.7 Å². The highest BCUT2D eigenvalue weighted by Gasteiger charge is 2.36. The van der Waals surface area contributed by atoms with Crippen LogP contribution in [0.25, 0.3) is 0 Å². The van der Waals surface area contributed by atoms with E-state index in [4.69, 9.17) is 23.2 Å². The second-order valence-electron chi connectivity index (χ2n) is 5.65. The number of hydrogen-bond donors (Lipinski definition) is 1. The summed E-state index contributed by atoms with van der Waals surface area (Å²) < 4.78 is 26.1. The molecule has 0 atom stereocenters. The van der Waals surface area contributed by atoms with Crippen LogP contribution in [0.4, 0.5) is 14.5 Å². The molecule has 1 N–H and O–H groups in total. The number of anilines is 1. The molecule has 0 saturated carbocycles. The van der Waals surface area contributed by atoms with Gasteiger partial charge in [0.2, 0.25) is 5.91 Å². The number of rotatable bonds is 3. The van der Waals surface area contributed by atoms with Crippen molar-refractivity contribution in [1.29, 1.82) is 0 Å². The average Bonchev–Trinajstić information content (AvgIpc) is 2.52. The maximum Gasteiger partial charge on any atom is 0.254 e.